The van der Waals surface area contributed by atoms with E-state index in [2.05, 4.69) is 33.8 Å². The molecule has 0 spiro atoms. The van der Waals surface area contributed by atoms with Gasteiger partial charge in [0.2, 0.25) is 0 Å². The van der Waals surface area contributed by atoms with Crippen molar-refractivity contribution in [2.24, 2.45) is 11.3 Å². The van der Waals surface area contributed by atoms with Crippen molar-refractivity contribution in [3.63, 3.8) is 0 Å². The van der Waals surface area contributed by atoms with Crippen LogP contribution in [-0.2, 0) is 0 Å². The van der Waals surface area contributed by atoms with E-state index in [1.165, 1.54) is 6.42 Å². The largest absolute Gasteiger partial charge is 0.0775 e. The molecule has 0 heterocycles. The Bertz CT molecular complexity index is 268. The molecular weight excluding hydrogens is 132 g/mol. The van der Waals surface area contributed by atoms with Crippen molar-refractivity contribution in [3.05, 3.63) is 22.8 Å². The first-order chi connectivity index (χ1) is 5.05. The first-order valence-electron chi connectivity index (χ1n) is 4.42. The molecule has 0 amide bonds. The number of fused-ring (bicyclic) bond motifs is 2. The van der Waals surface area contributed by atoms with Crippen LogP contribution in [0.15, 0.2) is 22.8 Å². The molecule has 0 aromatic heterocycles. The molecule has 11 heavy (non-hydrogen) atoms. The Morgan fingerprint density at radius 1 is 1.36 bits per heavy atom. The third-order valence-electron chi connectivity index (χ3n) is 3.93. The predicted octanol–water partition coefficient (Wildman–Crippen LogP) is 3.31. The standard InChI is InChI=1S/C11H16/c1-7-5-10-6-11(7,4)9(3)8(10)2/h5,10H,6H2,1-4H3. The summed E-state index contributed by atoms with van der Waals surface area (Å²) < 4.78 is 0. The highest BCUT2D eigenvalue weighted by molar-refractivity contribution is 5.44. The van der Waals surface area contributed by atoms with Gasteiger partial charge in [-0.1, -0.05) is 29.7 Å². The predicted molar refractivity (Wildman–Crippen MR) is 48.3 cm³/mol. The summed E-state index contributed by atoms with van der Waals surface area (Å²) in [6.45, 7) is 9.24. The summed E-state index contributed by atoms with van der Waals surface area (Å²) >= 11 is 0. The zero-order chi connectivity index (χ0) is 8.22. The van der Waals surface area contributed by atoms with Crippen LogP contribution in [0.25, 0.3) is 0 Å². The van der Waals surface area contributed by atoms with Gasteiger partial charge in [-0.2, -0.15) is 0 Å². The van der Waals surface area contributed by atoms with Crippen LogP contribution >= 0.6 is 0 Å². The van der Waals surface area contributed by atoms with Gasteiger partial charge in [-0.05, 0) is 33.1 Å². The molecule has 0 nitrogen and oxygen atoms in total. The summed E-state index contributed by atoms with van der Waals surface area (Å²) in [4.78, 5) is 0. The van der Waals surface area contributed by atoms with Gasteiger partial charge in [0.05, 0.1) is 0 Å². The fourth-order valence-electron chi connectivity index (χ4n) is 2.59. The summed E-state index contributed by atoms with van der Waals surface area (Å²) in [5.74, 6) is 0.778. The van der Waals surface area contributed by atoms with Gasteiger partial charge >= 0.3 is 0 Å². The van der Waals surface area contributed by atoms with Crippen molar-refractivity contribution in [2.75, 3.05) is 0 Å². The van der Waals surface area contributed by atoms with Crippen LogP contribution in [0.5, 0.6) is 0 Å². The van der Waals surface area contributed by atoms with Crippen LogP contribution in [0.1, 0.15) is 34.1 Å². The highest BCUT2D eigenvalue weighted by Gasteiger charge is 2.43. The van der Waals surface area contributed by atoms with Crippen LogP contribution in [0.4, 0.5) is 0 Å². The van der Waals surface area contributed by atoms with Gasteiger partial charge < -0.3 is 0 Å². The second-order valence-electron chi connectivity index (χ2n) is 4.30. The summed E-state index contributed by atoms with van der Waals surface area (Å²) in [5, 5.41) is 0. The number of hydrogen-bond acceptors (Lipinski definition) is 0. The Kier molecular flexibility index (Phi) is 1.17. The lowest BCUT2D eigenvalue weighted by Crippen LogP contribution is -2.13. The molecule has 2 rings (SSSR count). The van der Waals surface area contributed by atoms with E-state index in [1.54, 1.807) is 16.7 Å². The SMILES string of the molecule is CC1=CC2CC1(C)C(C)=C2C. The molecule has 0 saturated carbocycles. The molecule has 0 aliphatic heterocycles. The average Bonchev–Trinajstić information content (AvgIpc) is 2.34. The quantitative estimate of drug-likeness (QED) is 0.462. The first kappa shape index (κ1) is 7.15. The van der Waals surface area contributed by atoms with Gasteiger partial charge in [0.1, 0.15) is 0 Å². The zero-order valence-electron chi connectivity index (χ0n) is 7.86. The van der Waals surface area contributed by atoms with Crippen molar-refractivity contribution in [1.82, 2.24) is 0 Å². The zero-order valence-corrected chi connectivity index (χ0v) is 7.86. The summed E-state index contributed by atoms with van der Waals surface area (Å²) in [7, 11) is 0. The molecule has 2 bridgehead atoms. The highest BCUT2D eigenvalue weighted by atomic mass is 14.5. The minimum absolute atomic E-state index is 0.439. The van der Waals surface area contributed by atoms with Gasteiger partial charge in [-0.3, -0.25) is 0 Å². The van der Waals surface area contributed by atoms with Gasteiger partial charge in [0.15, 0.2) is 0 Å². The fraction of sp³-hybridized carbons (Fsp3) is 0.636. The molecule has 2 unspecified atom stereocenters. The van der Waals surface area contributed by atoms with E-state index in [4.69, 9.17) is 0 Å². The van der Waals surface area contributed by atoms with E-state index in [1.807, 2.05) is 0 Å². The Morgan fingerprint density at radius 2 is 2.00 bits per heavy atom. The lowest BCUT2D eigenvalue weighted by molar-refractivity contribution is 0.482. The Labute approximate surface area is 69.0 Å². The van der Waals surface area contributed by atoms with Crippen molar-refractivity contribution < 1.29 is 0 Å². The third kappa shape index (κ3) is 0.654. The maximum atomic E-state index is 2.45. The van der Waals surface area contributed by atoms with Crippen molar-refractivity contribution in [2.45, 2.75) is 34.1 Å². The molecule has 0 saturated heterocycles. The van der Waals surface area contributed by atoms with E-state index >= 15 is 0 Å². The second-order valence-corrected chi connectivity index (χ2v) is 4.30. The Hall–Kier alpha value is -0.520. The Balaban J connectivity index is 2.52. The van der Waals surface area contributed by atoms with E-state index < -0.39 is 0 Å². The molecule has 2 aliphatic rings. The molecule has 0 aromatic carbocycles. The number of rotatable bonds is 0. The van der Waals surface area contributed by atoms with Crippen LogP contribution in [-0.4, -0.2) is 0 Å². The van der Waals surface area contributed by atoms with Crippen LogP contribution in [0.2, 0.25) is 0 Å². The van der Waals surface area contributed by atoms with Gasteiger partial charge in [0.25, 0.3) is 0 Å². The monoisotopic (exact) mass is 148 g/mol. The molecule has 2 atom stereocenters. The van der Waals surface area contributed by atoms with Crippen LogP contribution in [0.3, 0.4) is 0 Å². The molecule has 60 valence electrons. The minimum Gasteiger partial charge on any atom is -0.0775 e. The summed E-state index contributed by atoms with van der Waals surface area (Å²) in [5.41, 5.74) is 5.28. The lowest BCUT2D eigenvalue weighted by atomic mass is 9.79. The molecule has 0 aromatic rings. The molecule has 0 N–H and O–H groups in total. The van der Waals surface area contributed by atoms with E-state index in [9.17, 15) is 0 Å². The van der Waals surface area contributed by atoms with E-state index in [-0.39, 0.29) is 0 Å². The molecule has 0 fully saturated rings. The first-order valence-corrected chi connectivity index (χ1v) is 4.42. The normalized spacial score (nSPS) is 41.8. The molecule has 2 aliphatic carbocycles. The fourth-order valence-corrected chi connectivity index (χ4v) is 2.59. The molecule has 0 heteroatoms. The minimum atomic E-state index is 0.439. The summed E-state index contributed by atoms with van der Waals surface area (Å²) in [6.07, 6.45) is 3.79. The van der Waals surface area contributed by atoms with E-state index in [0.717, 1.165) is 5.92 Å². The summed E-state index contributed by atoms with van der Waals surface area (Å²) in [6, 6.07) is 0. The average molecular weight is 148 g/mol. The third-order valence-corrected chi connectivity index (χ3v) is 3.93. The highest BCUT2D eigenvalue weighted by Crippen LogP contribution is 2.56. The van der Waals surface area contributed by atoms with E-state index in [0.29, 0.717) is 5.41 Å². The number of hydrogen-bond donors (Lipinski definition) is 0. The van der Waals surface area contributed by atoms with Gasteiger partial charge in [-0.25, -0.2) is 0 Å². The molecular formula is C11H16. The van der Waals surface area contributed by atoms with Gasteiger partial charge in [-0.15, -0.1) is 0 Å². The van der Waals surface area contributed by atoms with Crippen LogP contribution in [0, 0.1) is 11.3 Å². The van der Waals surface area contributed by atoms with Crippen molar-refractivity contribution in [3.8, 4) is 0 Å². The van der Waals surface area contributed by atoms with Crippen LogP contribution < -0.4 is 0 Å². The second kappa shape index (κ2) is 1.80. The maximum Gasteiger partial charge on any atom is 0.00984 e. The van der Waals surface area contributed by atoms with Crippen molar-refractivity contribution >= 4 is 0 Å². The topological polar surface area (TPSA) is 0 Å². The Morgan fingerprint density at radius 3 is 2.36 bits per heavy atom. The van der Waals surface area contributed by atoms with Gasteiger partial charge in [0, 0.05) is 5.41 Å². The molecule has 0 radical (unpaired) electrons. The maximum absolute atomic E-state index is 2.45. The number of allylic oxidation sites excluding steroid dienone is 4. The smallest absolute Gasteiger partial charge is 0.00984 e. The van der Waals surface area contributed by atoms with Crippen molar-refractivity contribution in [1.29, 1.82) is 0 Å². The lowest BCUT2D eigenvalue weighted by Gasteiger charge is -2.25.